The van der Waals surface area contributed by atoms with Crippen LogP contribution in [-0.2, 0) is 21.9 Å². The van der Waals surface area contributed by atoms with E-state index in [0.29, 0.717) is 0 Å². The number of hydrogen-bond acceptors (Lipinski definition) is 2. The molecule has 34 heavy (non-hydrogen) atoms. The molecule has 0 spiro atoms. The molecule has 3 rings (SSSR count). The van der Waals surface area contributed by atoms with Gasteiger partial charge in [-0.3, -0.25) is 9.59 Å². The minimum absolute atomic E-state index is 0.0487. The van der Waals surface area contributed by atoms with Crippen molar-refractivity contribution in [2.75, 3.05) is 10.6 Å². The summed E-state index contributed by atoms with van der Waals surface area (Å²) in [5.41, 5.74) is -2.25. The van der Waals surface area contributed by atoms with Gasteiger partial charge in [-0.1, -0.05) is 23.2 Å². The summed E-state index contributed by atoms with van der Waals surface area (Å²) < 4.78 is 77.5. The summed E-state index contributed by atoms with van der Waals surface area (Å²) in [6.45, 7) is 0. The minimum Gasteiger partial charge on any atom is -0.325 e. The number of benzene rings is 2. The van der Waals surface area contributed by atoms with Crippen LogP contribution in [0.25, 0.3) is 0 Å². The fraction of sp³-hybridized carbons (Fsp3) is 0.364. The summed E-state index contributed by atoms with van der Waals surface area (Å²) in [7, 11) is 0. The van der Waals surface area contributed by atoms with Crippen LogP contribution < -0.4 is 10.6 Å². The van der Waals surface area contributed by atoms with E-state index in [0.717, 1.165) is 36.4 Å². The van der Waals surface area contributed by atoms with Gasteiger partial charge < -0.3 is 10.6 Å². The molecule has 0 aromatic heterocycles. The van der Waals surface area contributed by atoms with Crippen molar-refractivity contribution in [3.63, 3.8) is 0 Å². The van der Waals surface area contributed by atoms with E-state index in [-0.39, 0.29) is 47.1 Å². The first-order chi connectivity index (χ1) is 15.8. The quantitative estimate of drug-likeness (QED) is 0.407. The van der Waals surface area contributed by atoms with Gasteiger partial charge in [0, 0.05) is 11.8 Å². The number of halogens is 8. The Balaban J connectivity index is 1.59. The smallest absolute Gasteiger partial charge is 0.325 e. The van der Waals surface area contributed by atoms with E-state index in [2.05, 4.69) is 10.6 Å². The van der Waals surface area contributed by atoms with E-state index in [4.69, 9.17) is 23.2 Å². The summed E-state index contributed by atoms with van der Waals surface area (Å²) in [5.74, 6) is -2.18. The van der Waals surface area contributed by atoms with E-state index in [9.17, 15) is 35.9 Å². The van der Waals surface area contributed by atoms with Crippen LogP contribution in [0.1, 0.15) is 36.8 Å². The van der Waals surface area contributed by atoms with E-state index in [1.807, 2.05) is 0 Å². The molecule has 0 aliphatic heterocycles. The molecule has 0 unspecified atom stereocenters. The summed E-state index contributed by atoms with van der Waals surface area (Å²) in [5, 5.41) is 4.72. The maximum Gasteiger partial charge on any atom is 0.416 e. The summed E-state index contributed by atoms with van der Waals surface area (Å²) in [6, 6.07) is 5.19. The molecule has 0 saturated heterocycles. The molecule has 1 fully saturated rings. The van der Waals surface area contributed by atoms with E-state index in [1.54, 1.807) is 0 Å². The van der Waals surface area contributed by atoms with E-state index in [1.165, 1.54) is 0 Å². The van der Waals surface area contributed by atoms with Gasteiger partial charge in [0.25, 0.3) is 0 Å². The van der Waals surface area contributed by atoms with E-state index >= 15 is 0 Å². The first-order valence-electron chi connectivity index (χ1n) is 10.1. The molecule has 12 heteroatoms. The molecule has 2 aromatic rings. The van der Waals surface area contributed by atoms with Gasteiger partial charge in [0.1, 0.15) is 0 Å². The zero-order chi connectivity index (χ0) is 25.3. The molecular weight excluding hydrogens is 509 g/mol. The number of carbonyl (C=O) groups excluding carboxylic acids is 2. The van der Waals surface area contributed by atoms with Crippen molar-refractivity contribution in [2.24, 2.45) is 11.8 Å². The fourth-order valence-electron chi connectivity index (χ4n) is 3.68. The average Bonchev–Trinajstić information content (AvgIpc) is 2.75. The second kappa shape index (κ2) is 10.0. The predicted molar refractivity (Wildman–Crippen MR) is 116 cm³/mol. The third-order valence-corrected chi connectivity index (χ3v) is 6.23. The average molecular weight is 527 g/mol. The molecule has 2 N–H and O–H groups in total. The van der Waals surface area contributed by atoms with Crippen molar-refractivity contribution in [1.82, 2.24) is 0 Å². The largest absolute Gasteiger partial charge is 0.416 e. The lowest BCUT2D eigenvalue weighted by Gasteiger charge is -2.27. The van der Waals surface area contributed by atoms with Gasteiger partial charge in [-0.25, -0.2) is 0 Å². The van der Waals surface area contributed by atoms with Crippen LogP contribution in [0.5, 0.6) is 0 Å². The lowest BCUT2D eigenvalue weighted by molar-refractivity contribution is -0.138. The molecule has 1 saturated carbocycles. The monoisotopic (exact) mass is 526 g/mol. The van der Waals surface area contributed by atoms with Crippen molar-refractivity contribution in [3.05, 3.63) is 57.6 Å². The molecule has 0 radical (unpaired) electrons. The van der Waals surface area contributed by atoms with Crippen LogP contribution in [-0.4, -0.2) is 11.8 Å². The van der Waals surface area contributed by atoms with Crippen molar-refractivity contribution in [2.45, 2.75) is 38.0 Å². The Morgan fingerprint density at radius 1 is 0.676 bits per heavy atom. The van der Waals surface area contributed by atoms with Crippen LogP contribution >= 0.6 is 23.2 Å². The third kappa shape index (κ3) is 6.35. The van der Waals surface area contributed by atoms with Crippen LogP contribution in [0.2, 0.25) is 10.0 Å². The van der Waals surface area contributed by atoms with Crippen LogP contribution in [0.3, 0.4) is 0 Å². The lowest BCUT2D eigenvalue weighted by Crippen LogP contribution is -2.32. The van der Waals surface area contributed by atoms with Crippen molar-refractivity contribution in [1.29, 1.82) is 0 Å². The maximum atomic E-state index is 12.9. The Bertz CT molecular complexity index is 995. The molecule has 4 nitrogen and oxygen atoms in total. The highest BCUT2D eigenvalue weighted by atomic mass is 35.5. The first-order valence-corrected chi connectivity index (χ1v) is 10.9. The Labute approximate surface area is 200 Å². The number of anilines is 2. The van der Waals surface area contributed by atoms with Gasteiger partial charge in [-0.05, 0) is 62.1 Å². The minimum atomic E-state index is -4.60. The van der Waals surface area contributed by atoms with Gasteiger partial charge in [0.15, 0.2) is 0 Å². The molecule has 184 valence electrons. The molecule has 0 bridgehead atoms. The highest BCUT2D eigenvalue weighted by Crippen LogP contribution is 2.37. The number of nitrogens with one attached hydrogen (secondary N) is 2. The molecule has 2 aromatic carbocycles. The number of amides is 2. The number of rotatable bonds is 4. The zero-order valence-electron chi connectivity index (χ0n) is 17.3. The van der Waals surface area contributed by atoms with Crippen molar-refractivity contribution >= 4 is 46.4 Å². The zero-order valence-corrected chi connectivity index (χ0v) is 18.8. The molecule has 0 heterocycles. The lowest BCUT2D eigenvalue weighted by atomic mass is 9.81. The van der Waals surface area contributed by atoms with Crippen LogP contribution in [0.4, 0.5) is 37.7 Å². The number of alkyl halides is 6. The van der Waals surface area contributed by atoms with Gasteiger partial charge >= 0.3 is 12.4 Å². The highest BCUT2D eigenvalue weighted by Gasteiger charge is 2.34. The second-order valence-electron chi connectivity index (χ2n) is 7.91. The van der Waals surface area contributed by atoms with Gasteiger partial charge in [0.05, 0.1) is 32.5 Å². The molecular formula is C22H18Cl2F6N2O2. The van der Waals surface area contributed by atoms with Gasteiger partial charge in [-0.15, -0.1) is 0 Å². The molecule has 1 aliphatic rings. The predicted octanol–water partition coefficient (Wildman–Crippen LogP) is 7.41. The van der Waals surface area contributed by atoms with Gasteiger partial charge in [-0.2, -0.15) is 26.3 Å². The Kier molecular flexibility index (Phi) is 7.72. The van der Waals surface area contributed by atoms with E-state index < -0.39 is 47.1 Å². The summed E-state index contributed by atoms with van der Waals surface area (Å²) >= 11 is 11.8. The standard InChI is InChI=1S/C22H18Cl2F6N2O2/c23-15-7-5-13(21(25,26)27)9-17(15)31-19(33)11-1-2-12(4-3-11)20(34)32-18-10-14(22(28,29)30)6-8-16(18)24/h5-12H,1-4H2,(H,31,33)(H,32,34). The number of carbonyl (C=O) groups is 2. The first kappa shape index (κ1) is 26.2. The summed E-state index contributed by atoms with van der Waals surface area (Å²) in [6.07, 6.45) is -8.16. The SMILES string of the molecule is O=C(Nc1cc(C(F)(F)F)ccc1Cl)C1CCC(C(=O)Nc2cc(C(F)(F)F)ccc2Cl)CC1. The maximum absolute atomic E-state index is 12.9. The third-order valence-electron chi connectivity index (χ3n) is 5.57. The molecule has 0 atom stereocenters. The highest BCUT2D eigenvalue weighted by molar-refractivity contribution is 6.34. The fourth-order valence-corrected chi connectivity index (χ4v) is 4.01. The summed E-state index contributed by atoms with van der Waals surface area (Å²) in [4.78, 5) is 25.1. The Hall–Kier alpha value is -2.46. The number of hydrogen-bond donors (Lipinski definition) is 2. The Morgan fingerprint density at radius 3 is 1.29 bits per heavy atom. The molecule has 1 aliphatic carbocycles. The molecule has 2 amide bonds. The Morgan fingerprint density at radius 2 is 1.00 bits per heavy atom. The van der Waals surface area contributed by atoms with Crippen molar-refractivity contribution in [3.8, 4) is 0 Å². The van der Waals surface area contributed by atoms with Crippen molar-refractivity contribution < 1.29 is 35.9 Å². The van der Waals surface area contributed by atoms with Gasteiger partial charge in [0.2, 0.25) is 11.8 Å². The second-order valence-corrected chi connectivity index (χ2v) is 8.73. The topological polar surface area (TPSA) is 58.2 Å². The van der Waals surface area contributed by atoms with Crippen LogP contribution in [0, 0.1) is 11.8 Å². The normalized spacial score (nSPS) is 18.9. The van der Waals surface area contributed by atoms with Crippen LogP contribution in [0.15, 0.2) is 36.4 Å².